The Hall–Kier alpha value is -6.81. The summed E-state index contributed by atoms with van der Waals surface area (Å²) in [6.45, 7) is 13.1. The lowest BCUT2D eigenvalue weighted by molar-refractivity contribution is -0.114. The van der Waals surface area contributed by atoms with Crippen LogP contribution < -0.4 is 42.5 Å². The molecule has 1 atom stereocenters. The van der Waals surface area contributed by atoms with Crippen LogP contribution in [-0.4, -0.2) is 122 Å². The Morgan fingerprint density at radius 1 is 0.889 bits per heavy atom. The van der Waals surface area contributed by atoms with Gasteiger partial charge < -0.3 is 34.1 Å². The molecule has 3 aromatic heterocycles. The Labute approximate surface area is 363 Å². The zero-order valence-corrected chi connectivity index (χ0v) is 36.1. The van der Waals surface area contributed by atoms with Crippen molar-refractivity contribution in [2.45, 2.75) is 59.8 Å². The molecule has 2 aliphatic heterocycles. The Balaban J connectivity index is 1.25. The van der Waals surface area contributed by atoms with Gasteiger partial charge in [0.05, 0.1) is 43.7 Å². The van der Waals surface area contributed by atoms with Crippen molar-refractivity contribution < 1.29 is 33.4 Å². The molecule has 0 saturated carbocycles. The molecule has 0 spiro atoms. The highest BCUT2D eigenvalue weighted by Crippen LogP contribution is 2.33. The monoisotopic (exact) mass is 866 g/mol. The number of likely N-dealkylation sites (N-methyl/N-ethyl adjacent to an activating group) is 1. The van der Waals surface area contributed by atoms with Crippen LogP contribution >= 0.6 is 0 Å². The van der Waals surface area contributed by atoms with Gasteiger partial charge in [-0.15, -0.1) is 0 Å². The number of benzene rings is 2. The molecule has 5 aromatic rings. The third-order valence-electron chi connectivity index (χ3n) is 10.7. The topological polar surface area (TPSA) is 256 Å². The van der Waals surface area contributed by atoms with E-state index in [4.69, 9.17) is 35.8 Å². The molecule has 0 radical (unpaired) electrons. The molecule has 1 saturated heterocycles. The number of imidazole rings is 2. The number of allylic oxidation sites excluding steroid dienone is 2. The van der Waals surface area contributed by atoms with Gasteiger partial charge in [-0.25, -0.2) is 21.2 Å². The molecule has 334 valence electrons. The molecule has 2 aromatic carbocycles. The van der Waals surface area contributed by atoms with Gasteiger partial charge in [0.25, 0.3) is 17.7 Å². The number of aryl methyl sites for hydroxylation is 2. The molecular weight excluding hydrogens is 813 g/mol. The van der Waals surface area contributed by atoms with Crippen molar-refractivity contribution >= 4 is 57.6 Å². The number of nitrogens with two attached hydrogens (primary N) is 2. The number of hydrazine groups is 2. The number of hydrogen-bond acceptors (Lipinski definition) is 14. The van der Waals surface area contributed by atoms with Gasteiger partial charge >= 0.3 is 0 Å². The fourth-order valence-corrected chi connectivity index (χ4v) is 7.72. The Morgan fingerprint density at radius 3 is 2.14 bits per heavy atom. The average Bonchev–Trinajstić information content (AvgIpc) is 4.05. The van der Waals surface area contributed by atoms with Crippen LogP contribution in [0.3, 0.4) is 0 Å². The molecule has 2 aliphatic rings. The third kappa shape index (κ3) is 9.65. The lowest BCUT2D eigenvalue weighted by Crippen LogP contribution is -2.38. The Bertz CT molecular complexity index is 2590. The first-order chi connectivity index (χ1) is 30.4. The van der Waals surface area contributed by atoms with Crippen molar-refractivity contribution in [3.8, 4) is 11.5 Å². The molecule has 4 amide bonds. The van der Waals surface area contributed by atoms with E-state index in [0.717, 1.165) is 19.6 Å². The van der Waals surface area contributed by atoms with Gasteiger partial charge in [-0.05, 0) is 70.5 Å². The number of nitrogen functional groups attached to an aromatic ring is 1. The van der Waals surface area contributed by atoms with Crippen molar-refractivity contribution in [1.29, 1.82) is 0 Å². The number of carbonyl (C=O) groups excluding carboxylic acids is 4. The molecule has 5 heterocycles. The molecule has 1 fully saturated rings. The van der Waals surface area contributed by atoms with E-state index in [2.05, 4.69) is 31.5 Å². The quantitative estimate of drug-likeness (QED) is 0.0243. The molecule has 0 bridgehead atoms. The van der Waals surface area contributed by atoms with Crippen LogP contribution in [0.4, 0.5) is 11.9 Å². The minimum absolute atomic E-state index is 0.0554. The maximum Gasteiger partial charge on any atom is 0.276 e. The number of aromatic nitrogens is 6. The van der Waals surface area contributed by atoms with Crippen molar-refractivity contribution in [1.82, 2.24) is 49.6 Å². The van der Waals surface area contributed by atoms with E-state index < -0.39 is 17.7 Å². The van der Waals surface area contributed by atoms with Crippen LogP contribution in [0.25, 0.3) is 22.1 Å². The highest BCUT2D eigenvalue weighted by molar-refractivity contribution is 6.05. The van der Waals surface area contributed by atoms with E-state index in [1.54, 1.807) is 49.2 Å². The predicted molar refractivity (Wildman–Crippen MR) is 235 cm³/mol. The summed E-state index contributed by atoms with van der Waals surface area (Å²) in [4.78, 5) is 64.6. The number of ether oxygens (including phenoxy) is 3. The minimum Gasteiger partial charge on any atom is -0.494 e. The summed E-state index contributed by atoms with van der Waals surface area (Å²) in [7, 11) is 1.47. The van der Waals surface area contributed by atoms with Crippen LogP contribution in [0.15, 0.2) is 54.3 Å². The summed E-state index contributed by atoms with van der Waals surface area (Å²) in [6.07, 6.45) is 6.27. The first kappa shape index (κ1) is 44.3. The number of hydrogen-bond donors (Lipinski definition) is 6. The van der Waals surface area contributed by atoms with Crippen LogP contribution in [0, 0.1) is 6.92 Å². The van der Waals surface area contributed by atoms with Gasteiger partial charge in [0.15, 0.2) is 0 Å². The highest BCUT2D eigenvalue weighted by atomic mass is 16.5. The maximum absolute atomic E-state index is 13.8. The van der Waals surface area contributed by atoms with E-state index in [-0.39, 0.29) is 48.1 Å². The van der Waals surface area contributed by atoms with Gasteiger partial charge in [-0.3, -0.25) is 44.8 Å². The number of rotatable bonds is 18. The number of morpholine rings is 1. The van der Waals surface area contributed by atoms with E-state index in [0.29, 0.717) is 90.0 Å². The lowest BCUT2D eigenvalue weighted by Gasteiger charge is -2.26. The summed E-state index contributed by atoms with van der Waals surface area (Å²) in [6, 6.07) is 7.92. The van der Waals surface area contributed by atoms with Gasteiger partial charge in [0.2, 0.25) is 17.8 Å². The maximum atomic E-state index is 13.8. The smallest absolute Gasteiger partial charge is 0.276 e. The summed E-state index contributed by atoms with van der Waals surface area (Å²) >= 11 is 0. The van der Waals surface area contributed by atoms with Crippen LogP contribution in [0.2, 0.25) is 0 Å². The van der Waals surface area contributed by atoms with E-state index >= 15 is 0 Å². The average molecular weight is 867 g/mol. The minimum atomic E-state index is -0.656. The zero-order valence-electron chi connectivity index (χ0n) is 36.1. The highest BCUT2D eigenvalue weighted by Gasteiger charge is 2.27. The molecule has 21 nitrogen and oxygen atoms in total. The Morgan fingerprint density at radius 2 is 1.52 bits per heavy atom. The summed E-state index contributed by atoms with van der Waals surface area (Å²) < 4.78 is 22.8. The lowest BCUT2D eigenvalue weighted by atomic mass is 10.1. The molecule has 1 unspecified atom stereocenters. The number of primary amides is 1. The first-order valence-electron chi connectivity index (χ1n) is 20.9. The van der Waals surface area contributed by atoms with E-state index in [1.165, 1.54) is 7.11 Å². The zero-order chi connectivity index (χ0) is 44.8. The normalized spacial score (nSPS) is 15.6. The second-order valence-electron chi connectivity index (χ2n) is 15.1. The first-order valence-corrected chi connectivity index (χ1v) is 20.9. The van der Waals surface area contributed by atoms with Gasteiger partial charge in [0, 0.05) is 63.0 Å². The van der Waals surface area contributed by atoms with Gasteiger partial charge in [-0.1, -0.05) is 12.2 Å². The van der Waals surface area contributed by atoms with Crippen LogP contribution in [-0.2, 0) is 29.2 Å². The second-order valence-corrected chi connectivity index (χ2v) is 15.1. The van der Waals surface area contributed by atoms with Crippen molar-refractivity contribution in [3.63, 3.8) is 0 Å². The number of anilines is 2. The molecule has 21 heteroatoms. The number of nitrogens with zero attached hydrogens (tertiary/aromatic N) is 8. The number of nitrogens with one attached hydrogen (secondary N) is 4. The van der Waals surface area contributed by atoms with Crippen LogP contribution in [0.1, 0.15) is 64.1 Å². The van der Waals surface area contributed by atoms with Crippen molar-refractivity contribution in [2.24, 2.45) is 11.6 Å². The fraction of sp³-hybridized carbons (Fsp3) is 0.405. The van der Waals surface area contributed by atoms with E-state index in [1.807, 2.05) is 45.9 Å². The molecule has 63 heavy (non-hydrogen) atoms. The second kappa shape index (κ2) is 19.5. The molecule has 8 N–H and O–H groups in total. The summed E-state index contributed by atoms with van der Waals surface area (Å²) in [5, 5.41) is 12.1. The summed E-state index contributed by atoms with van der Waals surface area (Å²) in [5.74, 6) is 4.55. The van der Waals surface area contributed by atoms with Crippen molar-refractivity contribution in [3.05, 3.63) is 76.8 Å². The standard InChI is InChI=1S/C42H54N14O7/c1-6-55-31(19-25(3)50-55)39(59)47-41-46-30-22-28(38(58)49-44)24-33(61-5)35(30)53(41)12-8-9-13-54-36-29(45-42(54)48-40(60)32-20-26(4)51-56(32)7-2)21-27(37(43)57)23-34(36)63-16-10-11-52-14-17-62-18-15-52/h8-9,19-25,50H,6-7,10-18,44H2,1-5H3,(H2,43,57)(H,49,58)(H,45,48,60)(H,46,47,59)/b9-8+. The predicted octanol–water partition coefficient (Wildman–Crippen LogP) is 2.28. The number of fused-ring (bicyclic) bond motifs is 2. The SMILES string of the molecule is CCN1NC(C)C=C1C(=O)Nc1nc2cc(C(=O)NN)cc(OC)c2n1C/C=C/Cn1c(NC(=O)c2cc(C)nn2CC)nc2cc(C(N)=O)cc(OCCCN3CCOCC3)c21. The molecule has 7 rings (SSSR count). The van der Waals surface area contributed by atoms with Crippen LogP contribution in [0.5, 0.6) is 11.5 Å². The van der Waals surface area contributed by atoms with Gasteiger partial charge in [0.1, 0.15) is 33.9 Å². The number of methoxy groups -OCH3 is 1. The van der Waals surface area contributed by atoms with E-state index in [9.17, 15) is 19.2 Å². The third-order valence-corrected chi connectivity index (χ3v) is 10.7. The van der Waals surface area contributed by atoms with Gasteiger partial charge in [-0.2, -0.15) is 5.10 Å². The largest absolute Gasteiger partial charge is 0.494 e. The fourth-order valence-electron chi connectivity index (χ4n) is 7.72. The number of carbonyl (C=O) groups is 4. The molecule has 0 aliphatic carbocycles. The summed E-state index contributed by atoms with van der Waals surface area (Å²) in [5.41, 5.74) is 14.9. The Kier molecular flexibility index (Phi) is 13.7. The number of amides is 4. The molecular formula is C42H54N14O7. The van der Waals surface area contributed by atoms with Crippen molar-refractivity contribution in [2.75, 3.05) is 63.7 Å².